The van der Waals surface area contributed by atoms with Crippen molar-refractivity contribution in [2.45, 2.75) is 0 Å². The van der Waals surface area contributed by atoms with Gasteiger partial charge in [0, 0.05) is 17.4 Å². The molecule has 9 nitrogen and oxygen atoms in total. The van der Waals surface area contributed by atoms with Gasteiger partial charge in [-0.1, -0.05) is 11.6 Å². The first-order valence-electron chi connectivity index (χ1n) is 9.07. The molecule has 4 aromatic rings. The molecule has 31 heavy (non-hydrogen) atoms. The summed E-state index contributed by atoms with van der Waals surface area (Å²) >= 11 is 6.28. The molecule has 2 aromatic carbocycles. The Bertz CT molecular complexity index is 1400. The molecule has 0 bridgehead atoms. The Labute approximate surface area is 181 Å². The summed E-state index contributed by atoms with van der Waals surface area (Å²) in [5.74, 6) is 1.93. The minimum atomic E-state index is 0.163. The molecule has 2 N–H and O–H groups in total. The first-order valence-corrected chi connectivity index (χ1v) is 9.45. The summed E-state index contributed by atoms with van der Waals surface area (Å²) in [5.41, 5.74) is 2.47. The Hall–Kier alpha value is -4.47. The first-order chi connectivity index (χ1) is 15.2. The number of ether oxygens (including phenoxy) is 2. The van der Waals surface area contributed by atoms with Crippen LogP contribution >= 0.6 is 11.6 Å². The number of hydrogen-bond acceptors (Lipinski definition) is 8. The predicted octanol–water partition coefficient (Wildman–Crippen LogP) is 4.34. The van der Waals surface area contributed by atoms with Gasteiger partial charge in [0.2, 0.25) is 6.79 Å². The minimum absolute atomic E-state index is 0.163. The topological polar surface area (TPSA) is 120 Å². The highest BCUT2D eigenvalue weighted by atomic mass is 35.5. The Morgan fingerprint density at radius 1 is 0.968 bits per heavy atom. The minimum Gasteiger partial charge on any atom is -0.454 e. The third-order valence-electron chi connectivity index (χ3n) is 4.63. The van der Waals surface area contributed by atoms with Crippen molar-refractivity contribution in [3.05, 3.63) is 64.8 Å². The second kappa shape index (κ2) is 7.41. The number of fused-ring (bicyclic) bond motifs is 2. The number of anilines is 4. The Kier molecular flexibility index (Phi) is 4.43. The number of nitrogens with zero attached hydrogens (tertiary/aromatic N) is 5. The molecule has 1 aliphatic heterocycles. The van der Waals surface area contributed by atoms with Crippen LogP contribution in [0.3, 0.4) is 0 Å². The lowest BCUT2D eigenvalue weighted by atomic mass is 10.2. The number of aromatic nitrogens is 3. The van der Waals surface area contributed by atoms with E-state index in [1.165, 1.54) is 10.7 Å². The predicted molar refractivity (Wildman–Crippen MR) is 113 cm³/mol. The number of rotatable bonds is 4. The zero-order valence-corrected chi connectivity index (χ0v) is 16.5. The molecule has 0 saturated carbocycles. The molecule has 0 aliphatic carbocycles. The molecule has 10 heteroatoms. The zero-order valence-electron chi connectivity index (χ0n) is 15.8. The van der Waals surface area contributed by atoms with Crippen LogP contribution in [0.4, 0.5) is 23.0 Å². The molecule has 1 aliphatic rings. The van der Waals surface area contributed by atoms with Crippen LogP contribution in [0, 0.1) is 22.7 Å². The molecule has 150 valence electrons. The van der Waals surface area contributed by atoms with E-state index in [4.69, 9.17) is 26.3 Å². The fourth-order valence-electron chi connectivity index (χ4n) is 3.15. The van der Waals surface area contributed by atoms with Crippen molar-refractivity contribution in [3.8, 4) is 23.6 Å². The van der Waals surface area contributed by atoms with E-state index in [0.29, 0.717) is 50.7 Å². The summed E-state index contributed by atoms with van der Waals surface area (Å²) in [6, 6.07) is 16.4. The highest BCUT2D eigenvalue weighted by Gasteiger charge is 2.20. The highest BCUT2D eigenvalue weighted by Crippen LogP contribution is 2.36. The van der Waals surface area contributed by atoms with E-state index in [1.54, 1.807) is 42.5 Å². The van der Waals surface area contributed by atoms with Crippen molar-refractivity contribution in [1.82, 2.24) is 14.6 Å². The van der Waals surface area contributed by atoms with Gasteiger partial charge in [-0.2, -0.15) is 20.1 Å². The highest BCUT2D eigenvalue weighted by molar-refractivity contribution is 6.33. The molecule has 0 unspecified atom stereocenters. The smallest absolute Gasteiger partial charge is 0.231 e. The first kappa shape index (κ1) is 18.6. The number of nitriles is 2. The van der Waals surface area contributed by atoms with Crippen LogP contribution in [-0.2, 0) is 0 Å². The van der Waals surface area contributed by atoms with Crippen LogP contribution in [0.1, 0.15) is 11.1 Å². The lowest BCUT2D eigenvalue weighted by Crippen LogP contribution is -2.08. The molecule has 0 spiro atoms. The summed E-state index contributed by atoms with van der Waals surface area (Å²) in [6.07, 6.45) is 1.46. The molecule has 0 atom stereocenters. The third-order valence-corrected chi connectivity index (χ3v) is 4.89. The van der Waals surface area contributed by atoms with E-state index in [9.17, 15) is 5.26 Å². The average molecular weight is 430 g/mol. The molecular formula is C21H12ClN7O2. The maximum absolute atomic E-state index is 9.93. The van der Waals surface area contributed by atoms with Gasteiger partial charge in [0.25, 0.3) is 0 Å². The summed E-state index contributed by atoms with van der Waals surface area (Å²) in [4.78, 5) is 4.50. The largest absolute Gasteiger partial charge is 0.454 e. The SMILES string of the molecule is N#Cc1ccc(Nc2c(C#N)c(Nc3ccc4c(c3)OCO4)nc3c(Cl)cnn23)cc1. The van der Waals surface area contributed by atoms with Gasteiger partial charge in [-0.05, 0) is 36.4 Å². The van der Waals surface area contributed by atoms with E-state index in [-0.39, 0.29) is 12.4 Å². The van der Waals surface area contributed by atoms with Crippen molar-refractivity contribution in [2.24, 2.45) is 0 Å². The van der Waals surface area contributed by atoms with E-state index >= 15 is 0 Å². The van der Waals surface area contributed by atoms with E-state index in [1.807, 2.05) is 0 Å². The number of hydrogen-bond donors (Lipinski definition) is 2. The van der Waals surface area contributed by atoms with Gasteiger partial charge in [0.1, 0.15) is 16.7 Å². The normalized spacial score (nSPS) is 11.7. The van der Waals surface area contributed by atoms with Crippen molar-refractivity contribution >= 4 is 40.3 Å². The van der Waals surface area contributed by atoms with Crippen molar-refractivity contribution in [1.29, 1.82) is 10.5 Å². The fraction of sp³-hybridized carbons (Fsp3) is 0.0476. The summed E-state index contributed by atoms with van der Waals surface area (Å²) in [6.45, 7) is 0.163. The van der Waals surface area contributed by atoms with Crippen LogP contribution in [-0.4, -0.2) is 21.4 Å². The van der Waals surface area contributed by atoms with Crippen molar-refractivity contribution in [3.63, 3.8) is 0 Å². The molecule has 0 saturated heterocycles. The van der Waals surface area contributed by atoms with E-state index < -0.39 is 0 Å². The Morgan fingerprint density at radius 2 is 1.74 bits per heavy atom. The zero-order chi connectivity index (χ0) is 21.4. The van der Waals surface area contributed by atoms with E-state index in [2.05, 4.69) is 32.9 Å². The standard InChI is InChI=1S/C21H12ClN7O2/c22-16-10-25-29-20(27-13-3-1-12(8-23)2-4-13)15(9-24)19(28-21(16)29)26-14-5-6-17-18(7-14)31-11-30-17/h1-7,10,27H,11H2,(H,26,28). The molecule has 5 rings (SSSR count). The van der Waals surface area contributed by atoms with Crippen LogP contribution in [0.25, 0.3) is 5.65 Å². The average Bonchev–Trinajstić information content (AvgIpc) is 3.41. The van der Waals surface area contributed by atoms with Gasteiger partial charge in [-0.25, -0.2) is 4.98 Å². The van der Waals surface area contributed by atoms with Gasteiger partial charge >= 0.3 is 0 Å². The maximum atomic E-state index is 9.93. The Balaban J connectivity index is 1.60. The lowest BCUT2D eigenvalue weighted by molar-refractivity contribution is 0.174. The monoisotopic (exact) mass is 429 g/mol. The van der Waals surface area contributed by atoms with Crippen molar-refractivity contribution < 1.29 is 9.47 Å². The molecule has 0 radical (unpaired) electrons. The Morgan fingerprint density at radius 3 is 2.52 bits per heavy atom. The second-order valence-electron chi connectivity index (χ2n) is 6.53. The van der Waals surface area contributed by atoms with Crippen LogP contribution in [0.5, 0.6) is 11.5 Å². The van der Waals surface area contributed by atoms with Gasteiger partial charge in [-0.15, -0.1) is 0 Å². The van der Waals surface area contributed by atoms with Crippen LogP contribution in [0.15, 0.2) is 48.7 Å². The van der Waals surface area contributed by atoms with Crippen LogP contribution < -0.4 is 20.1 Å². The molecule has 0 fully saturated rings. The number of halogens is 1. The fourth-order valence-corrected chi connectivity index (χ4v) is 3.32. The maximum Gasteiger partial charge on any atom is 0.231 e. The summed E-state index contributed by atoms with van der Waals surface area (Å²) in [7, 11) is 0. The van der Waals surface area contributed by atoms with Gasteiger partial charge in [0.15, 0.2) is 28.8 Å². The second-order valence-corrected chi connectivity index (χ2v) is 6.94. The van der Waals surface area contributed by atoms with Crippen molar-refractivity contribution in [2.75, 3.05) is 17.4 Å². The molecular weight excluding hydrogens is 418 g/mol. The summed E-state index contributed by atoms with van der Waals surface area (Å²) < 4.78 is 12.2. The molecule has 2 aromatic heterocycles. The van der Waals surface area contributed by atoms with Gasteiger partial charge in [-0.3, -0.25) is 0 Å². The summed E-state index contributed by atoms with van der Waals surface area (Å²) in [5, 5.41) is 29.8. The van der Waals surface area contributed by atoms with Crippen LogP contribution in [0.2, 0.25) is 5.02 Å². The lowest BCUT2D eigenvalue weighted by Gasteiger charge is -2.15. The number of benzene rings is 2. The third kappa shape index (κ3) is 3.29. The van der Waals surface area contributed by atoms with Gasteiger partial charge in [0.05, 0.1) is 17.8 Å². The molecule has 3 heterocycles. The van der Waals surface area contributed by atoms with Gasteiger partial charge < -0.3 is 20.1 Å². The molecule has 0 amide bonds. The van der Waals surface area contributed by atoms with E-state index in [0.717, 1.165) is 0 Å². The quantitative estimate of drug-likeness (QED) is 0.491. The number of nitrogens with one attached hydrogen (secondary N) is 2.